The lowest BCUT2D eigenvalue weighted by molar-refractivity contribution is -0.147. The molecule has 0 saturated carbocycles. The lowest BCUT2D eigenvalue weighted by Crippen LogP contribution is -2.20. The smallest absolute Gasteiger partial charge is 0.324 e. The fraction of sp³-hybridized carbons (Fsp3) is 0.909. The molecule has 0 radical (unpaired) electrons. The highest BCUT2D eigenvalue weighted by Crippen LogP contribution is 2.09. The van der Waals surface area contributed by atoms with Crippen molar-refractivity contribution in [1.82, 2.24) is 0 Å². The van der Waals surface area contributed by atoms with Crippen molar-refractivity contribution < 1.29 is 9.53 Å². The molecule has 2 nitrogen and oxygen atoms in total. The van der Waals surface area contributed by atoms with Gasteiger partial charge in [0.2, 0.25) is 0 Å². The van der Waals surface area contributed by atoms with Crippen LogP contribution in [0.3, 0.4) is 0 Å². The van der Waals surface area contributed by atoms with E-state index in [0.717, 1.165) is 12.8 Å². The van der Waals surface area contributed by atoms with Gasteiger partial charge in [-0.1, -0.05) is 26.2 Å². The van der Waals surface area contributed by atoms with Crippen molar-refractivity contribution >= 4 is 17.6 Å². The summed E-state index contributed by atoms with van der Waals surface area (Å²) in [5.74, 6) is -0.311. The van der Waals surface area contributed by atoms with Gasteiger partial charge in [-0.15, -0.1) is 11.6 Å². The Hall–Kier alpha value is -0.240. The average Bonchev–Trinajstić information content (AvgIpc) is 2.12. The van der Waals surface area contributed by atoms with Crippen LogP contribution in [0.15, 0.2) is 0 Å². The summed E-state index contributed by atoms with van der Waals surface area (Å²) in [4.78, 5) is 11.1. The van der Waals surface area contributed by atoms with Crippen molar-refractivity contribution in [2.75, 3.05) is 0 Å². The van der Waals surface area contributed by atoms with E-state index >= 15 is 0 Å². The van der Waals surface area contributed by atoms with Gasteiger partial charge in [0.25, 0.3) is 0 Å². The molecule has 0 aliphatic heterocycles. The van der Waals surface area contributed by atoms with Crippen molar-refractivity contribution in [3.05, 3.63) is 0 Å². The van der Waals surface area contributed by atoms with Gasteiger partial charge < -0.3 is 4.74 Å². The summed E-state index contributed by atoms with van der Waals surface area (Å²) in [6.07, 6.45) is 5.77. The van der Waals surface area contributed by atoms with Crippen molar-refractivity contribution in [3.8, 4) is 0 Å². The van der Waals surface area contributed by atoms with Crippen LogP contribution in [0.25, 0.3) is 0 Å². The maximum absolute atomic E-state index is 11.1. The molecule has 84 valence electrons. The molecule has 3 heteroatoms. The maximum Gasteiger partial charge on any atom is 0.324 e. The molecule has 0 amide bonds. The summed E-state index contributed by atoms with van der Waals surface area (Å²) in [7, 11) is 0. The number of carbonyl (C=O) groups is 1. The Labute approximate surface area is 92.0 Å². The number of unbranched alkanes of at least 4 members (excludes halogenated alkanes) is 3. The second-order valence-electron chi connectivity index (χ2n) is 3.71. The SMILES string of the molecule is CCCCCC[C@H](C)OC(=O)[C@H](C)Cl. The normalized spacial score (nSPS) is 14.9. The van der Waals surface area contributed by atoms with E-state index in [0.29, 0.717) is 0 Å². The van der Waals surface area contributed by atoms with Gasteiger partial charge in [-0.25, -0.2) is 0 Å². The molecular weight excluding hydrogens is 200 g/mol. The van der Waals surface area contributed by atoms with Crippen molar-refractivity contribution in [3.63, 3.8) is 0 Å². The van der Waals surface area contributed by atoms with Gasteiger partial charge in [-0.2, -0.15) is 0 Å². The van der Waals surface area contributed by atoms with Gasteiger partial charge in [0.1, 0.15) is 5.38 Å². The predicted octanol–water partition coefficient (Wildman–Crippen LogP) is 3.52. The van der Waals surface area contributed by atoms with Crippen LogP contribution in [0.2, 0.25) is 0 Å². The summed E-state index contributed by atoms with van der Waals surface area (Å²) in [6, 6.07) is 0. The van der Waals surface area contributed by atoms with Crippen molar-refractivity contribution in [2.45, 2.75) is 64.4 Å². The zero-order valence-corrected chi connectivity index (χ0v) is 10.1. The first-order valence-corrected chi connectivity index (χ1v) is 5.86. The fourth-order valence-electron chi connectivity index (χ4n) is 1.21. The monoisotopic (exact) mass is 220 g/mol. The van der Waals surface area contributed by atoms with E-state index in [-0.39, 0.29) is 12.1 Å². The van der Waals surface area contributed by atoms with E-state index in [1.807, 2.05) is 6.92 Å². The highest BCUT2D eigenvalue weighted by Gasteiger charge is 2.13. The Morgan fingerprint density at radius 1 is 1.29 bits per heavy atom. The number of hydrogen-bond acceptors (Lipinski definition) is 2. The second kappa shape index (κ2) is 8.10. The zero-order valence-electron chi connectivity index (χ0n) is 9.38. The highest BCUT2D eigenvalue weighted by atomic mass is 35.5. The molecule has 0 aromatic heterocycles. The van der Waals surface area contributed by atoms with E-state index in [1.165, 1.54) is 19.3 Å². The lowest BCUT2D eigenvalue weighted by Gasteiger charge is -2.13. The molecule has 0 unspecified atom stereocenters. The number of hydrogen-bond donors (Lipinski definition) is 0. The zero-order chi connectivity index (χ0) is 11.0. The summed E-state index contributed by atoms with van der Waals surface area (Å²) >= 11 is 5.58. The van der Waals surface area contributed by atoms with Crippen LogP contribution in [-0.2, 0) is 9.53 Å². The summed E-state index contributed by atoms with van der Waals surface area (Å²) in [5, 5.41) is -0.534. The van der Waals surface area contributed by atoms with Crippen LogP contribution in [0, 0.1) is 0 Å². The van der Waals surface area contributed by atoms with Crippen LogP contribution < -0.4 is 0 Å². The molecule has 14 heavy (non-hydrogen) atoms. The van der Waals surface area contributed by atoms with E-state index < -0.39 is 5.38 Å². The van der Waals surface area contributed by atoms with Crippen LogP contribution in [-0.4, -0.2) is 17.5 Å². The van der Waals surface area contributed by atoms with Gasteiger partial charge in [-0.3, -0.25) is 4.79 Å². The predicted molar refractivity (Wildman–Crippen MR) is 59.6 cm³/mol. The minimum absolute atomic E-state index is 0.000515. The number of halogens is 1. The number of esters is 1. The highest BCUT2D eigenvalue weighted by molar-refractivity contribution is 6.29. The largest absolute Gasteiger partial charge is 0.462 e. The van der Waals surface area contributed by atoms with Crippen molar-refractivity contribution in [2.24, 2.45) is 0 Å². The van der Waals surface area contributed by atoms with E-state index in [9.17, 15) is 4.79 Å². The number of rotatable bonds is 7. The van der Waals surface area contributed by atoms with Gasteiger partial charge in [0.05, 0.1) is 6.10 Å². The Balaban J connectivity index is 3.45. The molecule has 2 atom stereocenters. The van der Waals surface area contributed by atoms with Crippen LogP contribution >= 0.6 is 11.6 Å². The standard InChI is InChI=1S/C11H21ClO2/c1-4-5-6-7-8-9(2)14-11(13)10(3)12/h9-10H,4-8H2,1-3H3/t9-,10-/m0/s1. The van der Waals surface area contributed by atoms with Crippen molar-refractivity contribution in [1.29, 1.82) is 0 Å². The first-order chi connectivity index (χ1) is 6.57. The Kier molecular flexibility index (Phi) is 7.96. The molecule has 0 aliphatic carbocycles. The molecule has 0 heterocycles. The van der Waals surface area contributed by atoms with Crippen LogP contribution in [0.4, 0.5) is 0 Å². The second-order valence-corrected chi connectivity index (χ2v) is 4.37. The van der Waals surface area contributed by atoms with Gasteiger partial charge >= 0.3 is 5.97 Å². The third kappa shape index (κ3) is 7.19. The minimum atomic E-state index is -0.534. The number of ether oxygens (including phenoxy) is 1. The van der Waals surface area contributed by atoms with E-state index in [1.54, 1.807) is 6.92 Å². The summed E-state index contributed by atoms with van der Waals surface area (Å²) in [5.41, 5.74) is 0. The Morgan fingerprint density at radius 2 is 1.93 bits per heavy atom. The minimum Gasteiger partial charge on any atom is -0.462 e. The van der Waals surface area contributed by atoms with Crippen LogP contribution in [0.1, 0.15) is 52.9 Å². The number of carbonyl (C=O) groups excluding carboxylic acids is 1. The molecule has 0 saturated heterocycles. The first-order valence-electron chi connectivity index (χ1n) is 5.42. The third-order valence-corrected chi connectivity index (χ3v) is 2.28. The quantitative estimate of drug-likeness (QED) is 0.373. The number of alkyl halides is 1. The molecule has 0 bridgehead atoms. The van der Waals surface area contributed by atoms with E-state index in [2.05, 4.69) is 6.92 Å². The molecule has 0 rings (SSSR count). The van der Waals surface area contributed by atoms with Crippen LogP contribution in [0.5, 0.6) is 0 Å². The molecule has 0 aliphatic rings. The van der Waals surface area contributed by atoms with E-state index in [4.69, 9.17) is 16.3 Å². The Bertz CT molecular complexity index is 157. The Morgan fingerprint density at radius 3 is 2.43 bits per heavy atom. The molecule has 0 aromatic carbocycles. The molecule has 0 spiro atoms. The molecule has 0 fully saturated rings. The molecule has 0 N–H and O–H groups in total. The topological polar surface area (TPSA) is 26.3 Å². The summed E-state index contributed by atoms with van der Waals surface area (Å²) in [6.45, 7) is 5.73. The van der Waals surface area contributed by atoms with Gasteiger partial charge in [0, 0.05) is 0 Å². The summed E-state index contributed by atoms with van der Waals surface area (Å²) < 4.78 is 5.12. The third-order valence-electron chi connectivity index (χ3n) is 2.11. The first kappa shape index (κ1) is 13.8. The molecular formula is C11H21ClO2. The molecule has 0 aromatic rings. The lowest BCUT2D eigenvalue weighted by atomic mass is 10.1. The van der Waals surface area contributed by atoms with Gasteiger partial charge in [0.15, 0.2) is 0 Å². The maximum atomic E-state index is 11.1. The fourth-order valence-corrected chi connectivity index (χ4v) is 1.26. The van der Waals surface area contributed by atoms with Gasteiger partial charge in [-0.05, 0) is 26.7 Å². The average molecular weight is 221 g/mol.